The van der Waals surface area contributed by atoms with Gasteiger partial charge in [0.25, 0.3) is 0 Å². The van der Waals surface area contributed by atoms with Crippen molar-refractivity contribution in [1.29, 1.82) is 0 Å². The van der Waals surface area contributed by atoms with E-state index >= 15 is 0 Å². The van der Waals surface area contributed by atoms with Crippen molar-refractivity contribution in [2.24, 2.45) is 10.9 Å². The number of carbonyl (C=O) groups is 1. The van der Waals surface area contributed by atoms with E-state index < -0.39 is 12.0 Å². The molecule has 1 unspecified atom stereocenters. The third-order valence-electron chi connectivity index (χ3n) is 2.39. The number of benzene rings is 1. The highest BCUT2D eigenvalue weighted by Gasteiger charge is 2.11. The minimum Gasteiger partial charge on any atom is -0.480 e. The first-order chi connectivity index (χ1) is 9.49. The topological polar surface area (TPSA) is 84.9 Å². The number of oxime groups is 1. The normalized spacial score (nSPS) is 11.8. The van der Waals surface area contributed by atoms with Gasteiger partial charge >= 0.3 is 5.97 Å². The van der Waals surface area contributed by atoms with Crippen LogP contribution in [0.5, 0.6) is 0 Å². The number of rotatable bonds is 8. The summed E-state index contributed by atoms with van der Waals surface area (Å²) in [6.45, 7) is 4.32. The molecule has 1 atom stereocenters. The molecule has 1 aromatic rings. The first-order valence-electron chi connectivity index (χ1n) is 6.32. The molecular formula is C14H20N2O3S. The second-order valence-corrected chi connectivity index (χ2v) is 5.68. The van der Waals surface area contributed by atoms with E-state index in [1.165, 1.54) is 0 Å². The van der Waals surface area contributed by atoms with Gasteiger partial charge in [0.2, 0.25) is 0 Å². The molecule has 0 aromatic heterocycles. The van der Waals surface area contributed by atoms with E-state index in [-0.39, 0.29) is 0 Å². The Morgan fingerprint density at radius 2 is 2.05 bits per heavy atom. The SMILES string of the molecule is CC(C)=NOCCSc1ccc(CC(N)C(=O)O)cc1. The summed E-state index contributed by atoms with van der Waals surface area (Å²) in [4.78, 5) is 16.9. The van der Waals surface area contributed by atoms with Gasteiger partial charge in [0, 0.05) is 10.6 Å². The van der Waals surface area contributed by atoms with Crippen LogP contribution in [-0.2, 0) is 16.1 Å². The molecule has 3 N–H and O–H groups in total. The molecule has 5 nitrogen and oxygen atoms in total. The number of nitrogens with zero attached hydrogens (tertiary/aromatic N) is 1. The molecule has 1 aromatic carbocycles. The van der Waals surface area contributed by atoms with Crippen molar-refractivity contribution >= 4 is 23.4 Å². The van der Waals surface area contributed by atoms with Crippen LogP contribution in [0.3, 0.4) is 0 Å². The number of hydrogen-bond acceptors (Lipinski definition) is 5. The Bertz CT molecular complexity index is 456. The minimum absolute atomic E-state index is 0.341. The predicted molar refractivity (Wildman–Crippen MR) is 81.2 cm³/mol. The Labute approximate surface area is 123 Å². The summed E-state index contributed by atoms with van der Waals surface area (Å²) in [7, 11) is 0. The molecule has 0 aliphatic carbocycles. The van der Waals surface area contributed by atoms with Crippen molar-refractivity contribution in [1.82, 2.24) is 0 Å². The second-order valence-electron chi connectivity index (χ2n) is 4.51. The summed E-state index contributed by atoms with van der Waals surface area (Å²) in [5.74, 6) is -0.169. The van der Waals surface area contributed by atoms with Crippen molar-refractivity contribution in [2.45, 2.75) is 31.2 Å². The molecule has 6 heteroatoms. The standard InChI is InChI=1S/C14H20N2O3S/c1-10(2)16-19-7-8-20-12-5-3-11(4-6-12)9-13(15)14(17)18/h3-6,13H,7-9,15H2,1-2H3,(H,17,18). The highest BCUT2D eigenvalue weighted by Crippen LogP contribution is 2.18. The number of thioether (sulfide) groups is 1. The van der Waals surface area contributed by atoms with Gasteiger partial charge in [-0.1, -0.05) is 17.3 Å². The van der Waals surface area contributed by atoms with Crippen molar-refractivity contribution in [3.8, 4) is 0 Å². The van der Waals surface area contributed by atoms with Crippen molar-refractivity contribution in [3.63, 3.8) is 0 Å². The van der Waals surface area contributed by atoms with Crippen molar-refractivity contribution < 1.29 is 14.7 Å². The first kappa shape index (κ1) is 16.5. The number of carboxylic acids is 1. The molecule has 20 heavy (non-hydrogen) atoms. The van der Waals surface area contributed by atoms with Crippen LogP contribution in [-0.4, -0.2) is 35.2 Å². The number of carboxylic acid groups (broad SMARTS) is 1. The zero-order valence-electron chi connectivity index (χ0n) is 11.7. The fourth-order valence-electron chi connectivity index (χ4n) is 1.43. The smallest absolute Gasteiger partial charge is 0.320 e. The largest absolute Gasteiger partial charge is 0.480 e. The third kappa shape index (κ3) is 6.58. The summed E-state index contributed by atoms with van der Waals surface area (Å²) in [6.07, 6.45) is 0.341. The lowest BCUT2D eigenvalue weighted by molar-refractivity contribution is -0.138. The van der Waals surface area contributed by atoms with Crippen LogP contribution in [0.15, 0.2) is 34.3 Å². The summed E-state index contributed by atoms with van der Waals surface area (Å²) in [6, 6.07) is 6.88. The highest BCUT2D eigenvalue weighted by molar-refractivity contribution is 7.99. The van der Waals surface area contributed by atoms with E-state index in [4.69, 9.17) is 15.7 Å². The molecule has 1 rings (SSSR count). The van der Waals surface area contributed by atoms with Gasteiger partial charge in [-0.3, -0.25) is 4.79 Å². The maximum Gasteiger partial charge on any atom is 0.320 e. The Balaban J connectivity index is 2.35. The number of hydrogen-bond donors (Lipinski definition) is 2. The maximum absolute atomic E-state index is 10.7. The van der Waals surface area contributed by atoms with Crippen LogP contribution >= 0.6 is 11.8 Å². The molecule has 0 amide bonds. The Morgan fingerprint density at radius 1 is 1.40 bits per heavy atom. The van der Waals surface area contributed by atoms with Crippen LogP contribution in [0.2, 0.25) is 0 Å². The van der Waals surface area contributed by atoms with Crippen LogP contribution < -0.4 is 5.73 Å². The Morgan fingerprint density at radius 3 is 2.60 bits per heavy atom. The van der Waals surface area contributed by atoms with E-state index in [0.717, 1.165) is 21.9 Å². The number of aliphatic carboxylic acids is 1. The van der Waals surface area contributed by atoms with E-state index in [0.29, 0.717) is 13.0 Å². The fraction of sp³-hybridized carbons (Fsp3) is 0.429. The monoisotopic (exact) mass is 296 g/mol. The third-order valence-corrected chi connectivity index (χ3v) is 3.36. The molecule has 0 saturated carbocycles. The molecule has 0 bridgehead atoms. The van der Waals surface area contributed by atoms with Crippen LogP contribution in [0.4, 0.5) is 0 Å². The average Bonchev–Trinajstić information content (AvgIpc) is 2.39. The van der Waals surface area contributed by atoms with Crippen LogP contribution in [0.1, 0.15) is 19.4 Å². The molecule has 0 saturated heterocycles. The lowest BCUT2D eigenvalue weighted by Crippen LogP contribution is -2.32. The second kappa shape index (κ2) is 8.60. The maximum atomic E-state index is 10.7. The van der Waals surface area contributed by atoms with E-state index in [2.05, 4.69) is 5.16 Å². The summed E-state index contributed by atoms with van der Waals surface area (Å²) >= 11 is 1.66. The molecule has 0 heterocycles. The fourth-order valence-corrected chi connectivity index (χ4v) is 2.16. The van der Waals surface area contributed by atoms with Gasteiger partial charge in [-0.05, 0) is 38.0 Å². The van der Waals surface area contributed by atoms with Gasteiger partial charge in [-0.2, -0.15) is 0 Å². The molecule has 0 aliphatic rings. The van der Waals surface area contributed by atoms with Crippen molar-refractivity contribution in [3.05, 3.63) is 29.8 Å². The Kier molecular flexibility index (Phi) is 7.11. The summed E-state index contributed by atoms with van der Waals surface area (Å²) in [5, 5.41) is 12.6. The average molecular weight is 296 g/mol. The molecule has 0 spiro atoms. The molecular weight excluding hydrogens is 276 g/mol. The van der Waals surface area contributed by atoms with Gasteiger partial charge in [-0.25, -0.2) is 0 Å². The molecule has 0 fully saturated rings. The van der Waals surface area contributed by atoms with Gasteiger partial charge in [0.15, 0.2) is 0 Å². The predicted octanol–water partition coefficient (Wildman–Crippen LogP) is 2.15. The zero-order chi connectivity index (χ0) is 15.0. The Hall–Kier alpha value is -1.53. The molecule has 110 valence electrons. The highest BCUT2D eigenvalue weighted by atomic mass is 32.2. The number of nitrogens with two attached hydrogens (primary N) is 1. The van der Waals surface area contributed by atoms with Gasteiger partial charge < -0.3 is 15.7 Å². The summed E-state index contributed by atoms with van der Waals surface area (Å²) < 4.78 is 0. The minimum atomic E-state index is -0.979. The quantitative estimate of drug-likeness (QED) is 0.332. The van der Waals surface area contributed by atoms with Gasteiger partial charge in [0.05, 0.1) is 5.71 Å². The van der Waals surface area contributed by atoms with Crippen LogP contribution in [0, 0.1) is 0 Å². The van der Waals surface area contributed by atoms with E-state index in [1.54, 1.807) is 11.8 Å². The summed E-state index contributed by atoms with van der Waals surface area (Å²) in [5.41, 5.74) is 7.31. The van der Waals surface area contributed by atoms with Crippen LogP contribution in [0.25, 0.3) is 0 Å². The molecule has 0 aliphatic heterocycles. The first-order valence-corrected chi connectivity index (χ1v) is 7.31. The van der Waals surface area contributed by atoms with E-state index in [9.17, 15) is 4.79 Å². The zero-order valence-corrected chi connectivity index (χ0v) is 12.5. The lowest BCUT2D eigenvalue weighted by Gasteiger charge is -2.07. The van der Waals surface area contributed by atoms with E-state index in [1.807, 2.05) is 38.1 Å². The lowest BCUT2D eigenvalue weighted by atomic mass is 10.1. The van der Waals surface area contributed by atoms with Gasteiger partial charge in [-0.15, -0.1) is 11.8 Å². The van der Waals surface area contributed by atoms with Gasteiger partial charge in [0.1, 0.15) is 12.6 Å². The molecule has 0 radical (unpaired) electrons. The van der Waals surface area contributed by atoms with Crippen molar-refractivity contribution in [2.75, 3.05) is 12.4 Å².